The third-order valence-electron chi connectivity index (χ3n) is 3.22. The summed E-state index contributed by atoms with van der Waals surface area (Å²) in [5.74, 6) is 0.260. The molecular weight excluding hydrogens is 272 g/mol. The molecule has 110 valence electrons. The largest absolute Gasteiger partial charge is 0.370 e. The summed E-state index contributed by atoms with van der Waals surface area (Å²) in [6.45, 7) is 1.29. The fraction of sp³-hybridized carbons (Fsp3) is 0.385. The number of imidazole rings is 1. The predicted molar refractivity (Wildman–Crippen MR) is 77.0 cm³/mol. The van der Waals surface area contributed by atoms with Crippen LogP contribution in [0.4, 0.5) is 5.82 Å². The van der Waals surface area contributed by atoms with Gasteiger partial charge in [0.2, 0.25) is 0 Å². The van der Waals surface area contributed by atoms with Gasteiger partial charge in [-0.2, -0.15) is 5.26 Å². The van der Waals surface area contributed by atoms with Crippen LogP contribution >= 0.6 is 0 Å². The van der Waals surface area contributed by atoms with Crippen LogP contribution in [0.2, 0.25) is 0 Å². The first-order valence-corrected chi connectivity index (χ1v) is 6.46. The van der Waals surface area contributed by atoms with Gasteiger partial charge in [0.05, 0.1) is 6.33 Å². The first kappa shape index (κ1) is 14.6. The highest BCUT2D eigenvalue weighted by atomic mass is 16.2. The molecule has 0 unspecified atom stereocenters. The number of rotatable bonds is 5. The number of aryl methyl sites for hydroxylation is 1. The van der Waals surface area contributed by atoms with Gasteiger partial charge in [0.25, 0.3) is 5.56 Å². The Morgan fingerprint density at radius 1 is 1.33 bits per heavy atom. The SMILES string of the molecule is Cn1c(NCCCn2ccnc2)c(C#N)c(=O)n(C)c1=O. The van der Waals surface area contributed by atoms with Crippen LogP contribution in [-0.4, -0.2) is 25.2 Å². The zero-order valence-electron chi connectivity index (χ0n) is 11.9. The van der Waals surface area contributed by atoms with E-state index in [1.807, 2.05) is 16.8 Å². The molecule has 1 N–H and O–H groups in total. The highest BCUT2D eigenvalue weighted by molar-refractivity contribution is 5.51. The minimum atomic E-state index is -0.585. The molecule has 8 heteroatoms. The van der Waals surface area contributed by atoms with Gasteiger partial charge in [-0.05, 0) is 6.42 Å². The van der Waals surface area contributed by atoms with E-state index in [9.17, 15) is 9.59 Å². The smallest absolute Gasteiger partial charge is 0.332 e. The Hall–Kier alpha value is -2.82. The Kier molecular flexibility index (Phi) is 4.23. The summed E-state index contributed by atoms with van der Waals surface area (Å²) in [7, 11) is 2.88. The summed E-state index contributed by atoms with van der Waals surface area (Å²) in [6, 6.07) is 1.86. The molecule has 2 aromatic rings. The number of anilines is 1. The lowest BCUT2D eigenvalue weighted by atomic mass is 10.3. The van der Waals surface area contributed by atoms with Gasteiger partial charge in [0.15, 0.2) is 5.56 Å². The van der Waals surface area contributed by atoms with Gasteiger partial charge in [-0.25, -0.2) is 9.78 Å². The molecule has 8 nitrogen and oxygen atoms in total. The van der Waals surface area contributed by atoms with Crippen molar-refractivity contribution in [2.24, 2.45) is 14.1 Å². The number of hydrogen-bond acceptors (Lipinski definition) is 5. The fourth-order valence-corrected chi connectivity index (χ4v) is 2.04. The maximum atomic E-state index is 11.9. The van der Waals surface area contributed by atoms with Crippen molar-refractivity contribution >= 4 is 5.82 Å². The van der Waals surface area contributed by atoms with Crippen molar-refractivity contribution in [2.45, 2.75) is 13.0 Å². The van der Waals surface area contributed by atoms with Crippen molar-refractivity contribution in [3.63, 3.8) is 0 Å². The lowest BCUT2D eigenvalue weighted by Gasteiger charge is -2.13. The predicted octanol–water partition coefficient (Wildman–Crippen LogP) is -0.346. The summed E-state index contributed by atoms with van der Waals surface area (Å²) in [5.41, 5.74) is -1.10. The molecule has 2 heterocycles. The van der Waals surface area contributed by atoms with Crippen LogP contribution in [0.3, 0.4) is 0 Å². The van der Waals surface area contributed by atoms with E-state index < -0.39 is 11.2 Å². The van der Waals surface area contributed by atoms with Gasteiger partial charge in [-0.3, -0.25) is 13.9 Å². The summed E-state index contributed by atoms with van der Waals surface area (Å²) in [4.78, 5) is 27.7. The van der Waals surface area contributed by atoms with Crippen molar-refractivity contribution in [3.05, 3.63) is 45.1 Å². The average Bonchev–Trinajstić information content (AvgIpc) is 2.99. The van der Waals surface area contributed by atoms with E-state index in [1.165, 1.54) is 18.7 Å². The van der Waals surface area contributed by atoms with Crippen molar-refractivity contribution in [1.29, 1.82) is 5.26 Å². The van der Waals surface area contributed by atoms with Crippen LogP contribution in [0, 0.1) is 11.3 Å². The van der Waals surface area contributed by atoms with Gasteiger partial charge in [0.1, 0.15) is 11.9 Å². The fourth-order valence-electron chi connectivity index (χ4n) is 2.04. The normalized spacial score (nSPS) is 10.3. The zero-order valence-corrected chi connectivity index (χ0v) is 11.9. The van der Waals surface area contributed by atoms with Gasteiger partial charge in [-0.15, -0.1) is 0 Å². The molecular formula is C13H16N6O2. The molecule has 0 fully saturated rings. The Morgan fingerprint density at radius 2 is 2.10 bits per heavy atom. The summed E-state index contributed by atoms with van der Waals surface area (Å²) in [5, 5.41) is 12.1. The van der Waals surface area contributed by atoms with E-state index >= 15 is 0 Å². The Balaban J connectivity index is 2.15. The van der Waals surface area contributed by atoms with E-state index in [2.05, 4.69) is 10.3 Å². The molecule has 0 saturated heterocycles. The Bertz CT molecular complexity index is 779. The highest BCUT2D eigenvalue weighted by Crippen LogP contribution is 2.06. The monoisotopic (exact) mass is 288 g/mol. The lowest BCUT2D eigenvalue weighted by molar-refractivity contribution is 0.649. The first-order chi connectivity index (χ1) is 10.1. The van der Waals surface area contributed by atoms with Crippen LogP contribution in [0.15, 0.2) is 28.3 Å². The second kappa shape index (κ2) is 6.09. The van der Waals surface area contributed by atoms with Crippen molar-refractivity contribution in [1.82, 2.24) is 18.7 Å². The number of nitriles is 1. The number of nitrogens with zero attached hydrogens (tertiary/aromatic N) is 5. The molecule has 21 heavy (non-hydrogen) atoms. The van der Waals surface area contributed by atoms with Crippen LogP contribution in [-0.2, 0) is 20.6 Å². The molecule has 0 spiro atoms. The third kappa shape index (κ3) is 2.86. The van der Waals surface area contributed by atoms with E-state index in [0.29, 0.717) is 6.54 Å². The summed E-state index contributed by atoms with van der Waals surface area (Å²) in [6.07, 6.45) is 6.04. The van der Waals surface area contributed by atoms with Crippen molar-refractivity contribution in [2.75, 3.05) is 11.9 Å². The molecule has 0 aromatic carbocycles. The number of hydrogen-bond donors (Lipinski definition) is 1. The molecule has 0 aliphatic carbocycles. The molecule has 0 aliphatic heterocycles. The number of nitrogens with one attached hydrogen (secondary N) is 1. The maximum absolute atomic E-state index is 11.9. The topological polar surface area (TPSA) is 97.6 Å². The third-order valence-corrected chi connectivity index (χ3v) is 3.22. The maximum Gasteiger partial charge on any atom is 0.332 e. The molecule has 0 atom stereocenters. The Morgan fingerprint density at radius 3 is 2.71 bits per heavy atom. The molecule has 0 radical (unpaired) electrons. The van der Waals surface area contributed by atoms with Gasteiger partial charge in [0, 0.05) is 39.6 Å². The van der Waals surface area contributed by atoms with Crippen molar-refractivity contribution in [3.8, 4) is 6.07 Å². The Labute approximate surface area is 120 Å². The second-order valence-electron chi connectivity index (χ2n) is 4.62. The lowest BCUT2D eigenvalue weighted by Crippen LogP contribution is -2.40. The minimum absolute atomic E-state index is 0.0535. The van der Waals surface area contributed by atoms with Crippen LogP contribution in [0.25, 0.3) is 0 Å². The van der Waals surface area contributed by atoms with Gasteiger partial charge in [-0.1, -0.05) is 0 Å². The van der Waals surface area contributed by atoms with Crippen LogP contribution in [0.5, 0.6) is 0 Å². The molecule has 0 saturated carbocycles. The molecule has 0 amide bonds. The highest BCUT2D eigenvalue weighted by Gasteiger charge is 2.14. The van der Waals surface area contributed by atoms with E-state index in [1.54, 1.807) is 12.5 Å². The molecule has 0 aliphatic rings. The van der Waals surface area contributed by atoms with E-state index in [4.69, 9.17) is 5.26 Å². The zero-order chi connectivity index (χ0) is 15.4. The molecule has 2 aromatic heterocycles. The van der Waals surface area contributed by atoms with Crippen LogP contribution < -0.4 is 16.6 Å². The summed E-state index contributed by atoms with van der Waals surface area (Å²) < 4.78 is 4.13. The van der Waals surface area contributed by atoms with E-state index in [-0.39, 0.29) is 11.4 Å². The summed E-state index contributed by atoms with van der Waals surface area (Å²) >= 11 is 0. The number of aromatic nitrogens is 4. The van der Waals surface area contributed by atoms with Gasteiger partial charge >= 0.3 is 5.69 Å². The average molecular weight is 288 g/mol. The van der Waals surface area contributed by atoms with Gasteiger partial charge < -0.3 is 9.88 Å². The second-order valence-corrected chi connectivity index (χ2v) is 4.62. The van der Waals surface area contributed by atoms with E-state index in [0.717, 1.165) is 17.5 Å². The van der Waals surface area contributed by atoms with Crippen LogP contribution in [0.1, 0.15) is 12.0 Å². The quantitative estimate of drug-likeness (QED) is 0.759. The standard InChI is InChI=1S/C13H16N6O2/c1-17-11(10(8-14)12(20)18(2)13(17)21)16-4-3-6-19-7-5-15-9-19/h5,7,9,16H,3-4,6H2,1-2H3. The minimum Gasteiger partial charge on any atom is -0.370 e. The molecule has 0 bridgehead atoms. The first-order valence-electron chi connectivity index (χ1n) is 6.46. The molecule has 2 rings (SSSR count). The van der Waals surface area contributed by atoms with Crippen molar-refractivity contribution < 1.29 is 0 Å².